The van der Waals surface area contributed by atoms with Gasteiger partial charge in [0.25, 0.3) is 0 Å². The molecule has 0 saturated carbocycles. The summed E-state index contributed by atoms with van der Waals surface area (Å²) < 4.78 is 38.5. The van der Waals surface area contributed by atoms with Crippen LogP contribution in [0.2, 0.25) is 0 Å². The van der Waals surface area contributed by atoms with Gasteiger partial charge in [-0.3, -0.25) is 4.79 Å². The Labute approximate surface area is 133 Å². The number of aromatic nitrogens is 2. The van der Waals surface area contributed by atoms with Gasteiger partial charge in [-0.25, -0.2) is 9.97 Å². The average Bonchev–Trinajstić information content (AvgIpc) is 2.45. The molecule has 0 aliphatic carbocycles. The minimum atomic E-state index is -4.53. The summed E-state index contributed by atoms with van der Waals surface area (Å²) in [6.45, 7) is 6.04. The third-order valence-corrected chi connectivity index (χ3v) is 3.49. The van der Waals surface area contributed by atoms with Crippen LogP contribution >= 0.6 is 0 Å². The summed E-state index contributed by atoms with van der Waals surface area (Å²) in [4.78, 5) is 21.6. The molecule has 23 heavy (non-hydrogen) atoms. The van der Waals surface area contributed by atoms with Crippen molar-refractivity contribution in [2.75, 3.05) is 11.4 Å². The van der Waals surface area contributed by atoms with Crippen LogP contribution in [0, 0.1) is 0 Å². The Morgan fingerprint density at radius 1 is 1.30 bits per heavy atom. The second-order valence-electron chi connectivity index (χ2n) is 6.68. The van der Waals surface area contributed by atoms with Gasteiger partial charge in [-0.1, -0.05) is 0 Å². The molecule has 2 heterocycles. The molecule has 1 aromatic rings. The van der Waals surface area contributed by atoms with Crippen LogP contribution in [0.4, 0.5) is 19.1 Å². The van der Waals surface area contributed by atoms with Gasteiger partial charge in [0.15, 0.2) is 0 Å². The molecule has 1 atom stereocenters. The lowest BCUT2D eigenvalue weighted by Gasteiger charge is -2.36. The molecule has 1 N–H and O–H groups in total. The van der Waals surface area contributed by atoms with Crippen LogP contribution in [-0.2, 0) is 11.0 Å². The highest BCUT2D eigenvalue weighted by Gasteiger charge is 2.36. The molecular formula is C15H21F3N4O. The highest BCUT2D eigenvalue weighted by molar-refractivity contribution is 5.85. The summed E-state index contributed by atoms with van der Waals surface area (Å²) in [5.41, 5.74) is -1.41. The Morgan fingerprint density at radius 2 is 2.00 bits per heavy atom. The number of carbonyl (C=O) groups is 1. The maximum Gasteiger partial charge on any atom is 0.433 e. The Bertz CT molecular complexity index is 569. The molecule has 5 nitrogen and oxygen atoms in total. The highest BCUT2D eigenvalue weighted by Crippen LogP contribution is 2.29. The summed E-state index contributed by atoms with van der Waals surface area (Å²) >= 11 is 0. The lowest BCUT2D eigenvalue weighted by atomic mass is 10.00. The molecule has 0 aromatic carbocycles. The van der Waals surface area contributed by atoms with Gasteiger partial charge in [0.1, 0.15) is 11.7 Å². The van der Waals surface area contributed by atoms with Crippen molar-refractivity contribution in [2.45, 2.75) is 57.8 Å². The first-order valence-electron chi connectivity index (χ1n) is 7.57. The van der Waals surface area contributed by atoms with Crippen molar-refractivity contribution >= 4 is 11.9 Å². The van der Waals surface area contributed by atoms with Gasteiger partial charge in [-0.2, -0.15) is 13.2 Å². The number of hydrogen-bond donors (Lipinski definition) is 1. The zero-order valence-corrected chi connectivity index (χ0v) is 13.4. The van der Waals surface area contributed by atoms with Crippen LogP contribution in [0.3, 0.4) is 0 Å². The van der Waals surface area contributed by atoms with E-state index in [1.54, 1.807) is 4.90 Å². The van der Waals surface area contributed by atoms with Crippen LogP contribution in [0.25, 0.3) is 0 Å². The molecule has 1 aromatic heterocycles. The lowest BCUT2D eigenvalue weighted by molar-refractivity contribution is -0.141. The third-order valence-electron chi connectivity index (χ3n) is 3.49. The quantitative estimate of drug-likeness (QED) is 0.906. The second kappa shape index (κ2) is 6.33. The van der Waals surface area contributed by atoms with Gasteiger partial charge in [0.05, 0.1) is 0 Å². The number of halogens is 3. The lowest BCUT2D eigenvalue weighted by Crippen LogP contribution is -2.54. The van der Waals surface area contributed by atoms with Crippen molar-refractivity contribution in [3.8, 4) is 0 Å². The number of nitrogens with zero attached hydrogens (tertiary/aromatic N) is 3. The number of anilines is 1. The SMILES string of the molecule is CC(C)(C)NC(=O)[C@H]1CCCCN1c1nccc(C(F)(F)F)n1. The summed E-state index contributed by atoms with van der Waals surface area (Å²) in [6.07, 6.45) is -1.24. The smallest absolute Gasteiger partial charge is 0.350 e. The van der Waals surface area contributed by atoms with E-state index < -0.39 is 23.5 Å². The second-order valence-corrected chi connectivity index (χ2v) is 6.68. The van der Waals surface area contributed by atoms with E-state index in [9.17, 15) is 18.0 Å². The summed E-state index contributed by atoms with van der Waals surface area (Å²) in [5.74, 6) is -0.258. The van der Waals surface area contributed by atoms with Crippen molar-refractivity contribution in [1.29, 1.82) is 0 Å². The molecular weight excluding hydrogens is 309 g/mol. The van der Waals surface area contributed by atoms with E-state index in [0.29, 0.717) is 13.0 Å². The monoisotopic (exact) mass is 330 g/mol. The minimum Gasteiger partial charge on any atom is -0.350 e. The zero-order chi connectivity index (χ0) is 17.3. The predicted molar refractivity (Wildman–Crippen MR) is 79.9 cm³/mol. The molecule has 1 amide bonds. The predicted octanol–water partition coefficient (Wildman–Crippen LogP) is 2.77. The Kier molecular flexibility index (Phi) is 4.81. The Morgan fingerprint density at radius 3 is 2.61 bits per heavy atom. The molecule has 1 aliphatic rings. The van der Waals surface area contributed by atoms with Crippen LogP contribution in [-0.4, -0.2) is 34.0 Å². The van der Waals surface area contributed by atoms with Crippen LogP contribution in [0.15, 0.2) is 12.3 Å². The largest absolute Gasteiger partial charge is 0.433 e. The number of alkyl halides is 3. The molecule has 0 bridgehead atoms. The molecule has 1 fully saturated rings. The molecule has 1 aliphatic heterocycles. The first kappa shape index (κ1) is 17.5. The molecule has 2 rings (SSSR count). The van der Waals surface area contributed by atoms with Gasteiger partial charge in [-0.05, 0) is 46.1 Å². The van der Waals surface area contributed by atoms with E-state index in [1.165, 1.54) is 0 Å². The third kappa shape index (κ3) is 4.56. The average molecular weight is 330 g/mol. The van der Waals surface area contributed by atoms with E-state index in [0.717, 1.165) is 25.1 Å². The van der Waals surface area contributed by atoms with E-state index in [1.807, 2.05) is 20.8 Å². The fourth-order valence-electron chi connectivity index (χ4n) is 2.54. The fourth-order valence-corrected chi connectivity index (χ4v) is 2.54. The van der Waals surface area contributed by atoms with Crippen molar-refractivity contribution < 1.29 is 18.0 Å². The topological polar surface area (TPSA) is 58.1 Å². The van der Waals surface area contributed by atoms with Gasteiger partial charge < -0.3 is 10.2 Å². The number of piperidine rings is 1. The fraction of sp³-hybridized carbons (Fsp3) is 0.667. The van der Waals surface area contributed by atoms with Crippen LogP contribution in [0.1, 0.15) is 45.7 Å². The van der Waals surface area contributed by atoms with Gasteiger partial charge in [0, 0.05) is 18.3 Å². The number of carbonyl (C=O) groups excluding carboxylic acids is 1. The zero-order valence-electron chi connectivity index (χ0n) is 13.4. The standard InChI is InChI=1S/C15H21F3N4O/c1-14(2,3)21-12(23)10-6-4-5-9-22(10)13-19-8-7-11(20-13)15(16,17)18/h7-8,10H,4-6,9H2,1-3H3,(H,21,23)/t10-/m1/s1. The van der Waals surface area contributed by atoms with Crippen molar-refractivity contribution in [3.05, 3.63) is 18.0 Å². The summed E-state index contributed by atoms with van der Waals surface area (Å²) in [5, 5.41) is 2.88. The molecule has 128 valence electrons. The van der Waals surface area contributed by atoms with Gasteiger partial charge >= 0.3 is 6.18 Å². The summed E-state index contributed by atoms with van der Waals surface area (Å²) in [6, 6.07) is 0.281. The maximum atomic E-state index is 12.8. The van der Waals surface area contributed by atoms with Crippen LogP contribution < -0.4 is 10.2 Å². The van der Waals surface area contributed by atoms with E-state index >= 15 is 0 Å². The molecule has 0 unspecified atom stereocenters. The Balaban J connectivity index is 2.26. The van der Waals surface area contributed by atoms with Crippen molar-refractivity contribution in [2.24, 2.45) is 0 Å². The number of hydrogen-bond acceptors (Lipinski definition) is 4. The first-order valence-corrected chi connectivity index (χ1v) is 7.57. The number of nitrogens with one attached hydrogen (secondary N) is 1. The Hall–Kier alpha value is -1.86. The first-order chi connectivity index (χ1) is 10.6. The molecule has 0 spiro atoms. The van der Waals surface area contributed by atoms with E-state index in [4.69, 9.17) is 0 Å². The summed E-state index contributed by atoms with van der Waals surface area (Å²) in [7, 11) is 0. The normalized spacial score (nSPS) is 19.6. The number of amides is 1. The molecule has 1 saturated heterocycles. The number of rotatable bonds is 2. The van der Waals surface area contributed by atoms with Crippen molar-refractivity contribution in [1.82, 2.24) is 15.3 Å². The minimum absolute atomic E-state index is 0.0476. The highest BCUT2D eigenvalue weighted by atomic mass is 19.4. The maximum absolute atomic E-state index is 12.8. The van der Waals surface area contributed by atoms with Gasteiger partial charge in [-0.15, -0.1) is 0 Å². The van der Waals surface area contributed by atoms with E-state index in [2.05, 4.69) is 15.3 Å². The van der Waals surface area contributed by atoms with Gasteiger partial charge in [0.2, 0.25) is 11.9 Å². The molecule has 0 radical (unpaired) electrons. The van der Waals surface area contributed by atoms with Crippen molar-refractivity contribution in [3.63, 3.8) is 0 Å². The molecule has 8 heteroatoms. The van der Waals surface area contributed by atoms with Crippen LogP contribution in [0.5, 0.6) is 0 Å². The van der Waals surface area contributed by atoms with E-state index in [-0.39, 0.29) is 11.9 Å².